The molecule has 0 unspecified atom stereocenters. The molecule has 0 N–H and O–H groups in total. The van der Waals surface area contributed by atoms with Crippen molar-refractivity contribution < 1.29 is 0 Å². The molecular formula is C28H48. The van der Waals surface area contributed by atoms with Crippen LogP contribution in [0, 0.1) is 10.8 Å². The van der Waals surface area contributed by atoms with E-state index < -0.39 is 0 Å². The maximum atomic E-state index is 2.36. The molecule has 1 aliphatic rings. The average molecular weight is 385 g/mol. The Morgan fingerprint density at radius 3 is 0.964 bits per heavy atom. The van der Waals surface area contributed by atoms with Crippen LogP contribution in [0.4, 0.5) is 0 Å². The molecule has 0 heterocycles. The lowest BCUT2D eigenvalue weighted by Gasteiger charge is -2.36. The molecule has 1 aromatic carbocycles. The Kier molecular flexibility index (Phi) is 7.82. The van der Waals surface area contributed by atoms with E-state index in [2.05, 4.69) is 107 Å². The highest BCUT2D eigenvalue weighted by molar-refractivity contribution is 5.37. The quantitative estimate of drug-likeness (QED) is 0.391. The van der Waals surface area contributed by atoms with E-state index in [1.165, 1.54) is 36.8 Å². The van der Waals surface area contributed by atoms with Crippen LogP contribution in [0.3, 0.4) is 0 Å². The van der Waals surface area contributed by atoms with Crippen molar-refractivity contribution >= 4 is 0 Å². The van der Waals surface area contributed by atoms with Gasteiger partial charge in [-0.2, -0.15) is 0 Å². The highest BCUT2D eigenvalue weighted by Crippen LogP contribution is 2.44. The predicted octanol–water partition coefficient (Wildman–Crippen LogP) is 9.23. The fraction of sp³-hybridized carbons (Fsp3) is 0.714. The Balaban J connectivity index is 0.000000280. The van der Waals surface area contributed by atoms with E-state index in [0.717, 1.165) is 0 Å². The molecule has 1 aliphatic carbocycles. The van der Waals surface area contributed by atoms with Crippen LogP contribution in [-0.2, 0) is 10.8 Å². The van der Waals surface area contributed by atoms with Crippen molar-refractivity contribution in [2.75, 3.05) is 0 Å². The van der Waals surface area contributed by atoms with Crippen LogP contribution in [0.2, 0.25) is 0 Å². The molecule has 2 rings (SSSR count). The largest absolute Gasteiger partial charge is 0.0651 e. The third kappa shape index (κ3) is 7.09. The minimum Gasteiger partial charge on any atom is -0.0651 e. The summed E-state index contributed by atoms with van der Waals surface area (Å²) < 4.78 is 0. The summed E-state index contributed by atoms with van der Waals surface area (Å²) >= 11 is 0. The molecule has 0 aliphatic heterocycles. The van der Waals surface area contributed by atoms with Crippen LogP contribution < -0.4 is 0 Å². The summed E-state index contributed by atoms with van der Waals surface area (Å²) in [7, 11) is 0. The number of rotatable bonds is 0. The van der Waals surface area contributed by atoms with E-state index in [4.69, 9.17) is 0 Å². The number of hydrogen-bond donors (Lipinski definition) is 0. The summed E-state index contributed by atoms with van der Waals surface area (Å²) in [6, 6.07) is 8.77. The zero-order chi connectivity index (χ0) is 22.0. The SMILES string of the molecule is CC(C)(C)C1=C(C(C)(C)C)CCCC1.CC(C)(C)c1ccccc1C(C)(C)C. The van der Waals surface area contributed by atoms with Crippen LogP contribution >= 0.6 is 0 Å². The van der Waals surface area contributed by atoms with Crippen molar-refractivity contribution in [2.24, 2.45) is 10.8 Å². The van der Waals surface area contributed by atoms with Crippen molar-refractivity contribution in [3.8, 4) is 0 Å². The molecule has 0 radical (unpaired) electrons. The van der Waals surface area contributed by atoms with Crippen LogP contribution in [0.1, 0.15) is 120 Å². The molecule has 0 atom stereocenters. The molecule has 0 nitrogen and oxygen atoms in total. The summed E-state index contributed by atoms with van der Waals surface area (Å²) in [4.78, 5) is 0. The lowest BCUT2D eigenvalue weighted by Crippen LogP contribution is -2.22. The predicted molar refractivity (Wildman–Crippen MR) is 128 cm³/mol. The van der Waals surface area contributed by atoms with Crippen molar-refractivity contribution in [2.45, 2.75) is 120 Å². The van der Waals surface area contributed by atoms with Gasteiger partial charge in [-0.25, -0.2) is 0 Å². The van der Waals surface area contributed by atoms with Gasteiger partial charge in [0, 0.05) is 0 Å². The average Bonchev–Trinajstić information content (AvgIpc) is 2.52. The van der Waals surface area contributed by atoms with Gasteiger partial charge in [-0.15, -0.1) is 0 Å². The highest BCUT2D eigenvalue weighted by Gasteiger charge is 2.29. The molecule has 0 spiro atoms. The third-order valence-corrected chi connectivity index (χ3v) is 5.82. The Morgan fingerprint density at radius 2 is 0.750 bits per heavy atom. The van der Waals surface area contributed by atoms with Crippen LogP contribution in [0.25, 0.3) is 0 Å². The zero-order valence-corrected chi connectivity index (χ0v) is 21.1. The van der Waals surface area contributed by atoms with E-state index in [9.17, 15) is 0 Å². The standard InChI is InChI=1S/C14H26.C14H22/c2*1-13(2,3)11-9-7-8-10-12(11)14(4,5)6/h7-10H2,1-6H3;7-10H,1-6H3. The molecule has 0 bridgehead atoms. The van der Waals surface area contributed by atoms with Gasteiger partial charge in [0.25, 0.3) is 0 Å². The minimum atomic E-state index is 0.240. The van der Waals surface area contributed by atoms with Crippen molar-refractivity contribution in [1.29, 1.82) is 0 Å². The molecule has 0 heteroatoms. The maximum absolute atomic E-state index is 2.36. The normalized spacial score (nSPS) is 16.6. The first kappa shape index (κ1) is 25.0. The summed E-state index contributed by atoms with van der Waals surface area (Å²) in [5.41, 5.74) is 7.63. The second-order valence-electron chi connectivity index (χ2n) is 12.7. The van der Waals surface area contributed by atoms with Gasteiger partial charge < -0.3 is 0 Å². The lowest BCUT2D eigenvalue weighted by molar-refractivity contribution is 0.389. The Hall–Kier alpha value is -1.04. The summed E-state index contributed by atoms with van der Waals surface area (Å²) in [6.07, 6.45) is 5.45. The maximum Gasteiger partial charge on any atom is -0.0129 e. The molecule has 160 valence electrons. The molecule has 28 heavy (non-hydrogen) atoms. The highest BCUT2D eigenvalue weighted by atomic mass is 14.3. The van der Waals surface area contributed by atoms with E-state index in [1.807, 2.05) is 0 Å². The number of benzene rings is 1. The molecule has 0 saturated carbocycles. The molecule has 0 amide bonds. The second-order valence-corrected chi connectivity index (χ2v) is 12.7. The van der Waals surface area contributed by atoms with Crippen molar-refractivity contribution in [3.63, 3.8) is 0 Å². The van der Waals surface area contributed by atoms with Gasteiger partial charge in [-0.05, 0) is 58.5 Å². The molecular weight excluding hydrogens is 336 g/mol. The van der Waals surface area contributed by atoms with Crippen LogP contribution in [0.5, 0.6) is 0 Å². The first-order chi connectivity index (χ1) is 12.5. The van der Waals surface area contributed by atoms with Gasteiger partial charge in [-0.1, -0.05) is 118 Å². The fourth-order valence-corrected chi connectivity index (χ4v) is 4.35. The van der Waals surface area contributed by atoms with Gasteiger partial charge in [0.2, 0.25) is 0 Å². The van der Waals surface area contributed by atoms with E-state index in [0.29, 0.717) is 10.8 Å². The van der Waals surface area contributed by atoms with Crippen LogP contribution in [0.15, 0.2) is 35.4 Å². The van der Waals surface area contributed by atoms with Crippen LogP contribution in [-0.4, -0.2) is 0 Å². The Morgan fingerprint density at radius 1 is 0.464 bits per heavy atom. The third-order valence-electron chi connectivity index (χ3n) is 5.82. The monoisotopic (exact) mass is 384 g/mol. The smallest absolute Gasteiger partial charge is 0.0129 e. The first-order valence-electron chi connectivity index (χ1n) is 11.3. The van der Waals surface area contributed by atoms with E-state index in [-0.39, 0.29) is 10.8 Å². The Bertz CT molecular complexity index is 599. The summed E-state index contributed by atoms with van der Waals surface area (Å²) in [5.74, 6) is 0. The lowest BCUT2D eigenvalue weighted by atomic mass is 9.69. The number of allylic oxidation sites excluding steroid dienone is 2. The van der Waals surface area contributed by atoms with Gasteiger partial charge in [-0.3, -0.25) is 0 Å². The molecule has 1 aromatic rings. The van der Waals surface area contributed by atoms with Gasteiger partial charge in [0.05, 0.1) is 0 Å². The zero-order valence-electron chi connectivity index (χ0n) is 21.1. The summed E-state index contributed by atoms with van der Waals surface area (Å²) in [6.45, 7) is 27.8. The van der Waals surface area contributed by atoms with Gasteiger partial charge in [0.1, 0.15) is 0 Å². The van der Waals surface area contributed by atoms with E-state index in [1.54, 1.807) is 11.1 Å². The van der Waals surface area contributed by atoms with Gasteiger partial charge >= 0.3 is 0 Å². The number of hydrogen-bond acceptors (Lipinski definition) is 0. The van der Waals surface area contributed by atoms with Gasteiger partial charge in [0.15, 0.2) is 0 Å². The minimum absolute atomic E-state index is 0.240. The van der Waals surface area contributed by atoms with Crippen molar-refractivity contribution in [3.05, 3.63) is 46.5 Å². The second kappa shape index (κ2) is 8.76. The fourth-order valence-electron chi connectivity index (χ4n) is 4.35. The Labute approximate surface area is 177 Å². The topological polar surface area (TPSA) is 0 Å². The first-order valence-corrected chi connectivity index (χ1v) is 11.3. The van der Waals surface area contributed by atoms with E-state index >= 15 is 0 Å². The molecule has 0 saturated heterocycles. The molecule has 0 aromatic heterocycles. The summed E-state index contributed by atoms with van der Waals surface area (Å²) in [5, 5.41) is 0. The van der Waals surface area contributed by atoms with Crippen molar-refractivity contribution in [1.82, 2.24) is 0 Å². The molecule has 0 fully saturated rings.